The first-order valence-electron chi connectivity index (χ1n) is 10.4. The predicted octanol–water partition coefficient (Wildman–Crippen LogP) is 3.59. The first kappa shape index (κ1) is 22.4. The average Bonchev–Trinajstić information content (AvgIpc) is 3.47. The van der Waals surface area contributed by atoms with Crippen LogP contribution in [-0.4, -0.2) is 48.5 Å². The fourth-order valence-corrected chi connectivity index (χ4v) is 4.45. The van der Waals surface area contributed by atoms with Crippen molar-refractivity contribution in [3.05, 3.63) is 70.2 Å². The maximum atomic E-state index is 13.6. The van der Waals surface area contributed by atoms with Gasteiger partial charge in [0.05, 0.1) is 19.9 Å². The van der Waals surface area contributed by atoms with E-state index in [1.807, 2.05) is 30.3 Å². The first-order chi connectivity index (χ1) is 16.0. The largest absolute Gasteiger partial charge is 0.497 e. The van der Waals surface area contributed by atoms with E-state index < -0.39 is 11.9 Å². The zero-order valence-electron chi connectivity index (χ0n) is 18.4. The fourth-order valence-electron chi connectivity index (χ4n) is 3.85. The third kappa shape index (κ3) is 4.69. The predicted molar refractivity (Wildman–Crippen MR) is 127 cm³/mol. The van der Waals surface area contributed by atoms with E-state index in [2.05, 4.69) is 10.9 Å². The van der Waals surface area contributed by atoms with E-state index in [1.165, 1.54) is 30.5 Å². The minimum Gasteiger partial charge on any atom is -0.497 e. The molecule has 1 saturated heterocycles. The van der Waals surface area contributed by atoms with Gasteiger partial charge >= 0.3 is 0 Å². The van der Waals surface area contributed by atoms with Gasteiger partial charge in [-0.25, -0.2) is 4.98 Å². The highest BCUT2D eigenvalue weighted by atomic mass is 32.1. The number of methoxy groups -OCH3 is 2. The number of amides is 2. The summed E-state index contributed by atoms with van der Waals surface area (Å²) in [6.07, 6.45) is 5.93. The van der Waals surface area contributed by atoms with Crippen LogP contribution in [0.4, 0.5) is 5.69 Å². The summed E-state index contributed by atoms with van der Waals surface area (Å²) in [6.45, 7) is 1.02. The van der Waals surface area contributed by atoms with Gasteiger partial charge in [-0.05, 0) is 17.9 Å². The van der Waals surface area contributed by atoms with Gasteiger partial charge in [0, 0.05) is 36.7 Å². The molecule has 2 aromatic carbocycles. The number of aromatic nitrogens is 1. The molecule has 1 atom stereocenters. The van der Waals surface area contributed by atoms with Crippen molar-refractivity contribution in [1.29, 1.82) is 0 Å². The molecular formula is C25H23N3O4S. The van der Waals surface area contributed by atoms with Gasteiger partial charge in [0.2, 0.25) is 5.91 Å². The normalized spacial score (nSPS) is 15.2. The summed E-state index contributed by atoms with van der Waals surface area (Å²) in [7, 11) is 3.07. The van der Waals surface area contributed by atoms with Gasteiger partial charge in [0.1, 0.15) is 23.2 Å². The lowest BCUT2D eigenvalue weighted by Gasteiger charge is -2.28. The highest BCUT2D eigenvalue weighted by molar-refractivity contribution is 7.10. The smallest absolute Gasteiger partial charge is 0.278 e. The average molecular weight is 462 g/mol. The molecule has 3 aromatic rings. The summed E-state index contributed by atoms with van der Waals surface area (Å²) in [5.41, 5.74) is 1.72. The SMILES string of the molecule is C#Cc1nc(C(=O)N(c2cc(OC)cc(OC)c2)C2CCN(Cc3ccccc3)C2=O)cs1. The van der Waals surface area contributed by atoms with Crippen LogP contribution >= 0.6 is 11.3 Å². The highest BCUT2D eigenvalue weighted by Crippen LogP contribution is 2.33. The second-order valence-electron chi connectivity index (χ2n) is 7.48. The van der Waals surface area contributed by atoms with Crippen molar-refractivity contribution < 1.29 is 19.1 Å². The molecule has 0 radical (unpaired) electrons. The number of carbonyl (C=O) groups is 2. The van der Waals surface area contributed by atoms with Crippen LogP contribution in [0.3, 0.4) is 0 Å². The number of anilines is 1. The molecule has 0 spiro atoms. The van der Waals surface area contributed by atoms with Crippen molar-refractivity contribution in [2.45, 2.75) is 19.0 Å². The number of carbonyl (C=O) groups excluding carboxylic acids is 2. The Bertz CT molecular complexity index is 1180. The maximum absolute atomic E-state index is 13.6. The number of terminal acetylenes is 1. The second-order valence-corrected chi connectivity index (χ2v) is 8.34. The standard InChI is InChI=1S/C25H23N3O4S/c1-4-23-26-21(16-33-23)24(29)28(18-12-19(31-2)14-20(13-18)32-3)22-10-11-27(25(22)30)15-17-8-6-5-7-9-17/h1,5-9,12-14,16,22H,10-11,15H2,2-3H3. The molecule has 2 heterocycles. The molecule has 0 bridgehead atoms. The Labute approximate surface area is 196 Å². The summed E-state index contributed by atoms with van der Waals surface area (Å²) in [5.74, 6) is 2.95. The van der Waals surface area contributed by atoms with Crippen molar-refractivity contribution in [2.24, 2.45) is 0 Å². The summed E-state index contributed by atoms with van der Waals surface area (Å²) in [5, 5.41) is 2.02. The fraction of sp³-hybridized carbons (Fsp3) is 0.240. The Morgan fingerprint density at radius 1 is 1.21 bits per heavy atom. The molecule has 1 aliphatic rings. The van der Waals surface area contributed by atoms with Crippen LogP contribution in [0.15, 0.2) is 53.9 Å². The zero-order valence-corrected chi connectivity index (χ0v) is 19.2. The van der Waals surface area contributed by atoms with Crippen molar-refractivity contribution >= 4 is 28.8 Å². The lowest BCUT2D eigenvalue weighted by molar-refractivity contribution is -0.129. The molecule has 1 fully saturated rings. The number of hydrogen-bond donors (Lipinski definition) is 0. The maximum Gasteiger partial charge on any atom is 0.278 e. The topological polar surface area (TPSA) is 72.0 Å². The molecule has 7 nitrogen and oxygen atoms in total. The van der Waals surface area contributed by atoms with Crippen LogP contribution in [0.1, 0.15) is 27.5 Å². The van der Waals surface area contributed by atoms with Crippen LogP contribution in [0.5, 0.6) is 11.5 Å². The number of nitrogens with zero attached hydrogens (tertiary/aromatic N) is 3. The lowest BCUT2D eigenvalue weighted by atomic mass is 10.1. The van der Waals surface area contributed by atoms with Gasteiger partial charge in [-0.3, -0.25) is 14.5 Å². The molecule has 0 N–H and O–H groups in total. The third-order valence-corrected chi connectivity index (χ3v) is 6.25. The molecule has 33 heavy (non-hydrogen) atoms. The van der Waals surface area contributed by atoms with Crippen molar-refractivity contribution in [3.63, 3.8) is 0 Å². The van der Waals surface area contributed by atoms with Crippen LogP contribution in [0.2, 0.25) is 0 Å². The second kappa shape index (κ2) is 9.76. The number of thiazole rings is 1. The van der Waals surface area contributed by atoms with Crippen LogP contribution in [0, 0.1) is 12.3 Å². The van der Waals surface area contributed by atoms with Gasteiger partial charge in [-0.15, -0.1) is 17.8 Å². The van der Waals surface area contributed by atoms with E-state index in [-0.39, 0.29) is 11.6 Å². The summed E-state index contributed by atoms with van der Waals surface area (Å²) < 4.78 is 10.8. The Morgan fingerprint density at radius 3 is 2.52 bits per heavy atom. The van der Waals surface area contributed by atoms with Gasteiger partial charge < -0.3 is 14.4 Å². The third-order valence-electron chi connectivity index (χ3n) is 5.48. The van der Waals surface area contributed by atoms with Gasteiger partial charge in [0.15, 0.2) is 5.01 Å². The number of likely N-dealkylation sites (tertiary alicyclic amines) is 1. The van der Waals surface area contributed by atoms with Gasteiger partial charge in [0.25, 0.3) is 5.91 Å². The zero-order chi connectivity index (χ0) is 23.4. The number of hydrogen-bond acceptors (Lipinski definition) is 6. The monoisotopic (exact) mass is 461 g/mol. The Balaban J connectivity index is 1.71. The Hall–Kier alpha value is -3.83. The molecule has 1 aromatic heterocycles. The summed E-state index contributed by atoms with van der Waals surface area (Å²) in [4.78, 5) is 34.6. The van der Waals surface area contributed by atoms with E-state index in [4.69, 9.17) is 15.9 Å². The highest BCUT2D eigenvalue weighted by Gasteiger charge is 2.40. The number of benzene rings is 2. The van der Waals surface area contributed by atoms with E-state index in [0.29, 0.717) is 41.7 Å². The van der Waals surface area contributed by atoms with E-state index in [1.54, 1.807) is 28.5 Å². The van der Waals surface area contributed by atoms with E-state index in [0.717, 1.165) is 5.56 Å². The van der Waals surface area contributed by atoms with Crippen LogP contribution < -0.4 is 14.4 Å². The minimum absolute atomic E-state index is 0.124. The molecule has 1 unspecified atom stereocenters. The van der Waals surface area contributed by atoms with Crippen LogP contribution in [-0.2, 0) is 11.3 Å². The number of rotatable bonds is 7. The lowest BCUT2D eigenvalue weighted by Crippen LogP contribution is -2.45. The molecule has 0 saturated carbocycles. The van der Waals surface area contributed by atoms with Gasteiger partial charge in [-0.1, -0.05) is 30.3 Å². The summed E-state index contributed by atoms with van der Waals surface area (Å²) >= 11 is 1.21. The Morgan fingerprint density at radius 2 is 1.91 bits per heavy atom. The molecule has 4 rings (SSSR count). The van der Waals surface area contributed by atoms with Gasteiger partial charge in [-0.2, -0.15) is 0 Å². The molecular weight excluding hydrogens is 438 g/mol. The van der Waals surface area contributed by atoms with Crippen molar-refractivity contribution in [3.8, 4) is 23.8 Å². The van der Waals surface area contributed by atoms with Crippen molar-refractivity contribution in [1.82, 2.24) is 9.88 Å². The Kier molecular flexibility index (Phi) is 6.61. The quantitative estimate of drug-likeness (QED) is 0.503. The molecule has 2 amide bonds. The number of ether oxygens (including phenoxy) is 2. The van der Waals surface area contributed by atoms with E-state index in [9.17, 15) is 9.59 Å². The first-order valence-corrected chi connectivity index (χ1v) is 11.2. The molecule has 8 heteroatoms. The molecule has 1 aliphatic heterocycles. The van der Waals surface area contributed by atoms with Crippen LogP contribution in [0.25, 0.3) is 0 Å². The molecule has 168 valence electrons. The summed E-state index contributed by atoms with van der Waals surface area (Å²) in [6, 6.07) is 14.2. The minimum atomic E-state index is -0.686. The molecule has 0 aliphatic carbocycles. The van der Waals surface area contributed by atoms with Crippen molar-refractivity contribution in [2.75, 3.05) is 25.7 Å². The van der Waals surface area contributed by atoms with E-state index >= 15 is 0 Å².